The second-order valence-corrected chi connectivity index (χ2v) is 6.55. The van der Waals surface area contributed by atoms with Crippen molar-refractivity contribution in [3.63, 3.8) is 0 Å². The highest BCUT2D eigenvalue weighted by Crippen LogP contribution is 2.37. The topological polar surface area (TPSA) is 69.2 Å². The lowest BCUT2D eigenvalue weighted by Crippen LogP contribution is -2.16. The van der Waals surface area contributed by atoms with Gasteiger partial charge < -0.3 is 14.2 Å². The van der Waals surface area contributed by atoms with Gasteiger partial charge >= 0.3 is 6.09 Å². The number of methoxy groups -OCH3 is 2. The number of amides is 1. The van der Waals surface area contributed by atoms with Gasteiger partial charge in [0, 0.05) is 15.6 Å². The molecule has 0 fully saturated rings. The van der Waals surface area contributed by atoms with Gasteiger partial charge in [0.2, 0.25) is 0 Å². The molecule has 0 atom stereocenters. The van der Waals surface area contributed by atoms with Gasteiger partial charge in [0.05, 0.1) is 24.9 Å². The molecule has 0 heterocycles. The SMILES string of the molecule is COC(=O)NN=Cc1cc(Br)c(OCc2c(Cl)cccc2Cl)c(OC)c1. The van der Waals surface area contributed by atoms with Crippen LogP contribution in [0.5, 0.6) is 11.5 Å². The maximum Gasteiger partial charge on any atom is 0.427 e. The van der Waals surface area contributed by atoms with Crippen LogP contribution in [0.1, 0.15) is 11.1 Å². The van der Waals surface area contributed by atoms with Gasteiger partial charge in [-0.15, -0.1) is 0 Å². The van der Waals surface area contributed by atoms with Gasteiger partial charge in [-0.2, -0.15) is 5.10 Å². The van der Waals surface area contributed by atoms with Crippen molar-refractivity contribution < 1.29 is 19.0 Å². The highest BCUT2D eigenvalue weighted by atomic mass is 79.9. The largest absolute Gasteiger partial charge is 0.493 e. The Labute approximate surface area is 169 Å². The summed E-state index contributed by atoms with van der Waals surface area (Å²) in [4.78, 5) is 11.0. The van der Waals surface area contributed by atoms with E-state index in [0.29, 0.717) is 37.1 Å². The van der Waals surface area contributed by atoms with Crippen LogP contribution in [0, 0.1) is 0 Å². The first-order valence-corrected chi connectivity index (χ1v) is 8.81. The fourth-order valence-corrected chi connectivity index (χ4v) is 3.05. The molecule has 0 aliphatic rings. The lowest BCUT2D eigenvalue weighted by Gasteiger charge is -2.14. The number of ether oxygens (including phenoxy) is 3. The van der Waals surface area contributed by atoms with Crippen LogP contribution in [0.4, 0.5) is 4.79 Å². The standard InChI is InChI=1S/C17H15BrCl2N2O4/c1-24-15-7-10(8-21-22-17(23)25-2)6-12(18)16(15)26-9-11-13(19)4-3-5-14(11)20/h3-8H,9H2,1-2H3,(H,22,23). The Hall–Kier alpha value is -1.96. The molecule has 0 aromatic heterocycles. The summed E-state index contributed by atoms with van der Waals surface area (Å²) in [6, 6.07) is 8.71. The molecular weight excluding hydrogens is 447 g/mol. The van der Waals surface area contributed by atoms with Gasteiger partial charge in [-0.25, -0.2) is 10.2 Å². The average molecular weight is 462 g/mol. The van der Waals surface area contributed by atoms with Crippen molar-refractivity contribution >= 4 is 51.4 Å². The van der Waals surface area contributed by atoms with Gasteiger partial charge in [-0.1, -0.05) is 29.3 Å². The quantitative estimate of drug-likeness (QED) is 0.483. The third kappa shape index (κ3) is 5.27. The maximum absolute atomic E-state index is 11.0. The Kier molecular flexibility index (Phi) is 7.56. The Balaban J connectivity index is 2.20. The number of nitrogens with zero attached hydrogens (tertiary/aromatic N) is 1. The molecule has 9 heteroatoms. The Morgan fingerprint density at radius 2 is 1.96 bits per heavy atom. The first kappa shape index (κ1) is 20.4. The van der Waals surface area contributed by atoms with Crippen LogP contribution in [0.25, 0.3) is 0 Å². The van der Waals surface area contributed by atoms with E-state index in [9.17, 15) is 4.79 Å². The van der Waals surface area contributed by atoms with Gasteiger partial charge in [-0.05, 0) is 45.8 Å². The zero-order valence-electron chi connectivity index (χ0n) is 13.9. The minimum absolute atomic E-state index is 0.171. The molecule has 0 spiro atoms. The molecule has 2 aromatic rings. The first-order valence-electron chi connectivity index (χ1n) is 7.26. The molecule has 0 bridgehead atoms. The Bertz CT molecular complexity index is 810. The van der Waals surface area contributed by atoms with Crippen molar-refractivity contribution in [3.05, 3.63) is 56.0 Å². The monoisotopic (exact) mass is 460 g/mol. The van der Waals surface area contributed by atoms with Crippen molar-refractivity contribution in [2.75, 3.05) is 14.2 Å². The molecule has 2 aromatic carbocycles. The number of hydrogen-bond acceptors (Lipinski definition) is 5. The molecule has 0 aliphatic carbocycles. The molecule has 1 N–H and O–H groups in total. The molecule has 138 valence electrons. The van der Waals surface area contributed by atoms with Crippen LogP contribution in [0.15, 0.2) is 39.9 Å². The molecule has 1 amide bonds. The van der Waals surface area contributed by atoms with Gasteiger partial charge in [0.25, 0.3) is 0 Å². The third-order valence-corrected chi connectivity index (χ3v) is 4.53. The van der Waals surface area contributed by atoms with Gasteiger partial charge in [-0.3, -0.25) is 0 Å². The third-order valence-electron chi connectivity index (χ3n) is 3.23. The van der Waals surface area contributed by atoms with Crippen molar-refractivity contribution in [2.24, 2.45) is 5.10 Å². The van der Waals surface area contributed by atoms with E-state index in [-0.39, 0.29) is 6.61 Å². The highest BCUT2D eigenvalue weighted by molar-refractivity contribution is 9.10. The predicted octanol–water partition coefficient (Wildman–Crippen LogP) is 5.03. The first-order chi connectivity index (χ1) is 12.5. The fraction of sp³-hybridized carbons (Fsp3) is 0.176. The second-order valence-electron chi connectivity index (χ2n) is 4.88. The summed E-state index contributed by atoms with van der Waals surface area (Å²) >= 11 is 15.8. The number of hydrogen-bond donors (Lipinski definition) is 1. The van der Waals surface area contributed by atoms with Gasteiger partial charge in [0.1, 0.15) is 6.61 Å². The molecule has 0 unspecified atom stereocenters. The zero-order chi connectivity index (χ0) is 19.1. The molecule has 0 aliphatic heterocycles. The van der Waals surface area contributed by atoms with Crippen LogP contribution in [-0.4, -0.2) is 26.5 Å². The predicted molar refractivity (Wildman–Crippen MR) is 105 cm³/mol. The van der Waals surface area contributed by atoms with Crippen molar-refractivity contribution in [1.29, 1.82) is 0 Å². The molecule has 6 nitrogen and oxygen atoms in total. The van der Waals surface area contributed by atoms with Crippen molar-refractivity contribution in [2.45, 2.75) is 6.61 Å². The van der Waals surface area contributed by atoms with Crippen LogP contribution in [0.3, 0.4) is 0 Å². The maximum atomic E-state index is 11.0. The molecule has 2 rings (SSSR count). The lowest BCUT2D eigenvalue weighted by atomic mass is 10.2. The molecule has 26 heavy (non-hydrogen) atoms. The van der Waals surface area contributed by atoms with E-state index in [0.717, 1.165) is 0 Å². The number of halogens is 3. The van der Waals surface area contributed by atoms with E-state index in [1.807, 2.05) is 0 Å². The molecule has 0 saturated heterocycles. The van der Waals surface area contributed by atoms with E-state index in [1.165, 1.54) is 20.4 Å². The highest BCUT2D eigenvalue weighted by Gasteiger charge is 2.13. The number of hydrazone groups is 1. The lowest BCUT2D eigenvalue weighted by molar-refractivity contribution is 0.171. The Morgan fingerprint density at radius 3 is 2.58 bits per heavy atom. The Morgan fingerprint density at radius 1 is 1.27 bits per heavy atom. The van der Waals surface area contributed by atoms with Crippen LogP contribution in [0.2, 0.25) is 10.0 Å². The summed E-state index contributed by atoms with van der Waals surface area (Å²) in [5.74, 6) is 0.962. The minimum atomic E-state index is -0.663. The van der Waals surface area contributed by atoms with E-state index in [4.69, 9.17) is 32.7 Å². The van der Waals surface area contributed by atoms with Gasteiger partial charge in [0.15, 0.2) is 11.5 Å². The van der Waals surface area contributed by atoms with Crippen molar-refractivity contribution in [1.82, 2.24) is 5.43 Å². The fourth-order valence-electron chi connectivity index (χ4n) is 1.97. The number of carbonyl (C=O) groups is 1. The normalized spacial score (nSPS) is 10.7. The number of carbonyl (C=O) groups excluding carboxylic acids is 1. The summed E-state index contributed by atoms with van der Waals surface area (Å²) in [5, 5.41) is 4.81. The van der Waals surface area contributed by atoms with E-state index >= 15 is 0 Å². The summed E-state index contributed by atoms with van der Waals surface area (Å²) in [7, 11) is 2.77. The summed E-state index contributed by atoms with van der Waals surface area (Å²) < 4.78 is 16.3. The second kappa shape index (κ2) is 9.66. The van der Waals surface area contributed by atoms with Crippen LogP contribution >= 0.6 is 39.1 Å². The number of rotatable bonds is 6. The smallest absolute Gasteiger partial charge is 0.427 e. The zero-order valence-corrected chi connectivity index (χ0v) is 17.0. The summed E-state index contributed by atoms with van der Waals surface area (Å²) in [6.07, 6.45) is 0.780. The summed E-state index contributed by atoms with van der Waals surface area (Å²) in [6.45, 7) is 0.171. The van der Waals surface area contributed by atoms with E-state index in [2.05, 4.69) is 31.2 Å². The molecule has 0 radical (unpaired) electrons. The van der Waals surface area contributed by atoms with E-state index in [1.54, 1.807) is 30.3 Å². The van der Waals surface area contributed by atoms with Crippen LogP contribution < -0.4 is 14.9 Å². The number of benzene rings is 2. The summed E-state index contributed by atoms with van der Waals surface area (Å²) in [5.41, 5.74) is 3.56. The van der Waals surface area contributed by atoms with Crippen LogP contribution in [-0.2, 0) is 11.3 Å². The van der Waals surface area contributed by atoms with E-state index < -0.39 is 6.09 Å². The molecular formula is C17H15BrCl2N2O4. The van der Waals surface area contributed by atoms with Crippen molar-refractivity contribution in [3.8, 4) is 11.5 Å². The average Bonchev–Trinajstić information content (AvgIpc) is 2.62. The number of nitrogens with one attached hydrogen (secondary N) is 1. The minimum Gasteiger partial charge on any atom is -0.493 e. The molecule has 0 saturated carbocycles.